The second kappa shape index (κ2) is 9.40. The minimum atomic E-state index is -0.668. The lowest BCUT2D eigenvalue weighted by Gasteiger charge is -2.38. The summed E-state index contributed by atoms with van der Waals surface area (Å²) in [6, 6.07) is 2.77. The maximum absolute atomic E-state index is 12.3. The Hall–Kier alpha value is -2.32. The Bertz CT molecular complexity index is 604. The van der Waals surface area contributed by atoms with Gasteiger partial charge in [0.1, 0.15) is 29.6 Å². The summed E-state index contributed by atoms with van der Waals surface area (Å²) in [5, 5.41) is 0. The number of nitrogens with two attached hydrogens (primary N) is 1. The molecule has 1 aromatic carbocycles. The summed E-state index contributed by atoms with van der Waals surface area (Å²) in [6.45, 7) is 3.57. The average Bonchev–Trinajstić information content (AvgIpc) is 2.67. The number of benzene rings is 1. The molecule has 1 aliphatic rings. The Morgan fingerprint density at radius 2 is 1.69 bits per heavy atom. The number of piperazine rings is 1. The maximum Gasteiger partial charge on any atom is 0.239 e. The van der Waals surface area contributed by atoms with Crippen molar-refractivity contribution in [2.24, 2.45) is 5.73 Å². The smallest absolute Gasteiger partial charge is 0.239 e. The molecule has 26 heavy (non-hydrogen) atoms. The van der Waals surface area contributed by atoms with Crippen LogP contribution in [0.4, 0.5) is 0 Å². The molecule has 0 radical (unpaired) electrons. The van der Waals surface area contributed by atoms with Gasteiger partial charge in [0.15, 0.2) is 0 Å². The molecule has 1 saturated heterocycles. The van der Waals surface area contributed by atoms with Gasteiger partial charge in [-0.25, -0.2) is 0 Å². The van der Waals surface area contributed by atoms with Crippen molar-refractivity contribution in [3.63, 3.8) is 0 Å². The minimum Gasteiger partial charge on any atom is -0.496 e. The maximum atomic E-state index is 12.3. The van der Waals surface area contributed by atoms with E-state index in [0.29, 0.717) is 42.3 Å². The molecule has 2 N–H and O–H groups in total. The highest BCUT2D eigenvalue weighted by molar-refractivity contribution is 5.83. The molecular weight excluding hydrogens is 338 g/mol. The summed E-state index contributed by atoms with van der Waals surface area (Å²) >= 11 is 0. The molecule has 1 aromatic rings. The predicted octanol–water partition coefficient (Wildman–Crippen LogP) is 0.445. The highest BCUT2D eigenvalue weighted by Crippen LogP contribution is 2.40. The number of hydrogen-bond acceptors (Lipinski definition) is 7. The zero-order valence-corrected chi connectivity index (χ0v) is 15.6. The van der Waals surface area contributed by atoms with Crippen molar-refractivity contribution in [3.05, 3.63) is 17.7 Å². The van der Waals surface area contributed by atoms with Gasteiger partial charge in [-0.05, 0) is 0 Å². The molecule has 1 heterocycles. The molecule has 1 atom stereocenters. The number of rotatable bonds is 9. The van der Waals surface area contributed by atoms with Crippen LogP contribution in [0.5, 0.6) is 17.2 Å². The van der Waals surface area contributed by atoms with Crippen LogP contribution < -0.4 is 19.9 Å². The fraction of sp³-hybridized carbons (Fsp3) is 0.556. The standard InChI is InChI=1S/C18H27N3O5/c1-24-13-11-14(25-2)16(15(12-13)26-3)17(18(19)23)21-8-6-20(7-9-21)5-4-10-22/h10-12,17H,4-9H2,1-3H3,(H2,19,23). The van der Waals surface area contributed by atoms with Crippen LogP contribution in [0.15, 0.2) is 12.1 Å². The van der Waals surface area contributed by atoms with E-state index in [4.69, 9.17) is 19.9 Å². The van der Waals surface area contributed by atoms with Crippen molar-refractivity contribution in [1.82, 2.24) is 9.80 Å². The van der Waals surface area contributed by atoms with Gasteiger partial charge in [-0.3, -0.25) is 9.69 Å². The molecule has 1 aliphatic heterocycles. The minimum absolute atomic E-state index is 0.465. The third-order valence-electron chi connectivity index (χ3n) is 4.63. The monoisotopic (exact) mass is 365 g/mol. The Morgan fingerprint density at radius 1 is 1.12 bits per heavy atom. The van der Waals surface area contributed by atoms with Gasteiger partial charge in [-0.2, -0.15) is 0 Å². The molecule has 0 aromatic heterocycles. The molecule has 0 saturated carbocycles. The number of primary amides is 1. The van der Waals surface area contributed by atoms with E-state index in [0.717, 1.165) is 25.9 Å². The summed E-state index contributed by atoms with van der Waals surface area (Å²) in [7, 11) is 4.62. The second-order valence-corrected chi connectivity index (χ2v) is 6.08. The van der Waals surface area contributed by atoms with E-state index in [-0.39, 0.29) is 0 Å². The van der Waals surface area contributed by atoms with Crippen LogP contribution in [0.3, 0.4) is 0 Å². The Morgan fingerprint density at radius 3 is 2.12 bits per heavy atom. The molecule has 0 aliphatic carbocycles. The van der Waals surface area contributed by atoms with E-state index in [2.05, 4.69) is 4.90 Å². The van der Waals surface area contributed by atoms with Crippen LogP contribution in [-0.2, 0) is 9.59 Å². The van der Waals surface area contributed by atoms with Crippen molar-refractivity contribution in [1.29, 1.82) is 0 Å². The number of methoxy groups -OCH3 is 3. The lowest BCUT2D eigenvalue weighted by atomic mass is 10.0. The van der Waals surface area contributed by atoms with E-state index < -0.39 is 11.9 Å². The summed E-state index contributed by atoms with van der Waals surface area (Å²) in [5.41, 5.74) is 6.35. The number of amides is 1. The lowest BCUT2D eigenvalue weighted by molar-refractivity contribution is -0.124. The largest absolute Gasteiger partial charge is 0.496 e. The van der Waals surface area contributed by atoms with Crippen molar-refractivity contribution >= 4 is 12.2 Å². The first-order chi connectivity index (χ1) is 12.5. The highest BCUT2D eigenvalue weighted by Gasteiger charge is 2.34. The van der Waals surface area contributed by atoms with E-state index >= 15 is 0 Å². The second-order valence-electron chi connectivity index (χ2n) is 6.08. The normalized spacial score (nSPS) is 16.7. The molecule has 1 unspecified atom stereocenters. The average molecular weight is 365 g/mol. The fourth-order valence-corrected chi connectivity index (χ4v) is 3.29. The van der Waals surface area contributed by atoms with Crippen LogP contribution in [0.1, 0.15) is 18.0 Å². The zero-order chi connectivity index (χ0) is 19.1. The molecule has 8 heteroatoms. The predicted molar refractivity (Wildman–Crippen MR) is 96.7 cm³/mol. The Labute approximate surface area is 153 Å². The summed E-state index contributed by atoms with van der Waals surface area (Å²) in [4.78, 5) is 27.1. The highest BCUT2D eigenvalue weighted by atomic mass is 16.5. The fourth-order valence-electron chi connectivity index (χ4n) is 3.29. The quantitative estimate of drug-likeness (QED) is 0.635. The number of hydrogen-bond donors (Lipinski definition) is 1. The van der Waals surface area contributed by atoms with E-state index in [1.807, 2.05) is 4.90 Å². The molecule has 0 spiro atoms. The Balaban J connectivity index is 2.31. The van der Waals surface area contributed by atoms with Crippen molar-refractivity contribution in [3.8, 4) is 17.2 Å². The molecule has 8 nitrogen and oxygen atoms in total. The van der Waals surface area contributed by atoms with Gasteiger partial charge in [-0.15, -0.1) is 0 Å². The number of nitrogens with zero attached hydrogens (tertiary/aromatic N) is 2. The van der Waals surface area contributed by atoms with Gasteiger partial charge in [0, 0.05) is 51.3 Å². The number of carbonyl (C=O) groups excluding carboxylic acids is 2. The van der Waals surface area contributed by atoms with Gasteiger partial charge in [0.25, 0.3) is 0 Å². The van der Waals surface area contributed by atoms with Crippen molar-refractivity contribution < 1.29 is 23.8 Å². The van der Waals surface area contributed by atoms with Crippen LogP contribution in [0.2, 0.25) is 0 Å². The van der Waals surface area contributed by atoms with E-state index in [9.17, 15) is 9.59 Å². The summed E-state index contributed by atoms with van der Waals surface area (Å²) < 4.78 is 16.2. The first-order valence-corrected chi connectivity index (χ1v) is 8.55. The van der Waals surface area contributed by atoms with Gasteiger partial charge in [0.05, 0.1) is 26.9 Å². The molecular formula is C18H27N3O5. The molecule has 0 bridgehead atoms. The first-order valence-electron chi connectivity index (χ1n) is 8.55. The van der Waals surface area contributed by atoms with E-state index in [1.54, 1.807) is 19.2 Å². The lowest BCUT2D eigenvalue weighted by Crippen LogP contribution is -2.50. The molecule has 2 rings (SSSR count). The Kier molecular flexibility index (Phi) is 7.23. The number of carbonyl (C=O) groups is 2. The van der Waals surface area contributed by atoms with Gasteiger partial charge < -0.3 is 29.6 Å². The van der Waals surface area contributed by atoms with Gasteiger partial charge in [-0.1, -0.05) is 0 Å². The number of aldehydes is 1. The number of ether oxygens (including phenoxy) is 3. The third-order valence-corrected chi connectivity index (χ3v) is 4.63. The van der Waals surface area contributed by atoms with Crippen molar-refractivity contribution in [2.45, 2.75) is 12.5 Å². The zero-order valence-electron chi connectivity index (χ0n) is 15.6. The SMILES string of the molecule is COc1cc(OC)c(C(C(N)=O)N2CCN(CCC=O)CC2)c(OC)c1. The van der Waals surface area contributed by atoms with Gasteiger partial charge >= 0.3 is 0 Å². The molecule has 144 valence electrons. The van der Waals surface area contributed by atoms with Crippen molar-refractivity contribution in [2.75, 3.05) is 54.1 Å². The first kappa shape index (κ1) is 20.0. The van der Waals surface area contributed by atoms with Crippen LogP contribution in [0, 0.1) is 0 Å². The summed E-state index contributed by atoms with van der Waals surface area (Å²) in [6.07, 6.45) is 1.44. The topological polar surface area (TPSA) is 94.3 Å². The van der Waals surface area contributed by atoms with Crippen LogP contribution >= 0.6 is 0 Å². The van der Waals surface area contributed by atoms with Crippen LogP contribution in [-0.4, -0.2) is 76.0 Å². The summed E-state index contributed by atoms with van der Waals surface area (Å²) in [5.74, 6) is 1.10. The van der Waals surface area contributed by atoms with Gasteiger partial charge in [0.2, 0.25) is 5.91 Å². The van der Waals surface area contributed by atoms with E-state index in [1.165, 1.54) is 14.2 Å². The molecule has 1 fully saturated rings. The third kappa shape index (κ3) is 4.44. The molecule has 1 amide bonds. The van der Waals surface area contributed by atoms with Crippen LogP contribution in [0.25, 0.3) is 0 Å².